The van der Waals surface area contributed by atoms with E-state index in [1.54, 1.807) is 6.20 Å². The van der Waals surface area contributed by atoms with Crippen molar-refractivity contribution in [3.63, 3.8) is 0 Å². The molecule has 170 valence electrons. The van der Waals surface area contributed by atoms with Crippen molar-refractivity contribution < 1.29 is 14.3 Å². The minimum atomic E-state index is -0.0879. The highest BCUT2D eigenvalue weighted by Crippen LogP contribution is 2.28. The zero-order valence-corrected chi connectivity index (χ0v) is 18.4. The predicted molar refractivity (Wildman–Crippen MR) is 127 cm³/mol. The van der Waals surface area contributed by atoms with Gasteiger partial charge in [0.15, 0.2) is 0 Å². The summed E-state index contributed by atoms with van der Waals surface area (Å²) in [5.41, 5.74) is 5.49. The number of carbonyl (C=O) groups is 1. The second-order valence-corrected chi connectivity index (χ2v) is 8.07. The quantitative estimate of drug-likeness (QED) is 0.594. The van der Waals surface area contributed by atoms with Crippen molar-refractivity contribution in [2.75, 3.05) is 49.7 Å². The van der Waals surface area contributed by atoms with Crippen LogP contribution < -0.4 is 15.5 Å². The molecule has 0 spiro atoms. The highest BCUT2D eigenvalue weighted by atomic mass is 16.5. The maximum absolute atomic E-state index is 12.4. The molecular formula is C25H27N5O3. The Bertz CT molecular complexity index is 1110. The van der Waals surface area contributed by atoms with Crippen LogP contribution in [0.2, 0.25) is 0 Å². The molecule has 0 aliphatic carbocycles. The molecule has 8 heteroatoms. The number of fused-ring (bicyclic) bond motifs is 8. The van der Waals surface area contributed by atoms with Crippen molar-refractivity contribution >= 4 is 23.2 Å². The molecule has 1 fully saturated rings. The summed E-state index contributed by atoms with van der Waals surface area (Å²) >= 11 is 0. The minimum absolute atomic E-state index is 0.0879. The van der Waals surface area contributed by atoms with E-state index < -0.39 is 0 Å². The van der Waals surface area contributed by atoms with Crippen LogP contribution in [-0.4, -0.2) is 55.3 Å². The lowest BCUT2D eigenvalue weighted by Crippen LogP contribution is -2.36. The van der Waals surface area contributed by atoms with Crippen LogP contribution in [0.5, 0.6) is 0 Å². The van der Waals surface area contributed by atoms with Gasteiger partial charge in [-0.25, -0.2) is 9.97 Å². The lowest BCUT2D eigenvalue weighted by Gasteiger charge is -2.31. The first-order chi connectivity index (χ1) is 16.3. The summed E-state index contributed by atoms with van der Waals surface area (Å²) in [4.78, 5) is 23.8. The van der Waals surface area contributed by atoms with Crippen LogP contribution >= 0.6 is 0 Å². The fraction of sp³-hybridized carbons (Fsp3) is 0.320. The molecule has 1 aromatic heterocycles. The standard InChI is InChI=1S/C25H27N5O3/c31-24-19-4-2-18(3-5-19)22-8-10-27-25(29-22)28-21-6-7-23(30-11-14-32-15-12-30)20(16-21)17-33-13-1-9-26-24/h2-8,10,16H,1,9,11-15,17H2,(H,26,31)(H,27,28,29). The highest BCUT2D eigenvalue weighted by Gasteiger charge is 2.16. The molecule has 0 atom stereocenters. The first-order valence-electron chi connectivity index (χ1n) is 11.3. The van der Waals surface area contributed by atoms with Gasteiger partial charge in [0.05, 0.1) is 25.5 Å². The lowest BCUT2D eigenvalue weighted by molar-refractivity contribution is 0.0934. The predicted octanol–water partition coefficient (Wildman–Crippen LogP) is 3.37. The molecule has 33 heavy (non-hydrogen) atoms. The fourth-order valence-corrected chi connectivity index (χ4v) is 4.05. The number of anilines is 3. The Morgan fingerprint density at radius 3 is 2.58 bits per heavy atom. The average molecular weight is 446 g/mol. The van der Waals surface area contributed by atoms with Crippen LogP contribution in [0.3, 0.4) is 0 Å². The van der Waals surface area contributed by atoms with Crippen molar-refractivity contribution in [3.8, 4) is 11.3 Å². The van der Waals surface area contributed by atoms with E-state index in [1.165, 1.54) is 0 Å². The molecule has 0 radical (unpaired) electrons. The van der Waals surface area contributed by atoms with E-state index in [1.807, 2.05) is 36.4 Å². The molecule has 8 nitrogen and oxygen atoms in total. The molecule has 6 bridgehead atoms. The number of nitrogens with zero attached hydrogens (tertiary/aromatic N) is 3. The van der Waals surface area contributed by atoms with E-state index in [0.717, 1.165) is 60.9 Å². The smallest absolute Gasteiger partial charge is 0.251 e. The van der Waals surface area contributed by atoms with E-state index in [-0.39, 0.29) is 5.91 Å². The van der Waals surface area contributed by atoms with Gasteiger partial charge in [-0.2, -0.15) is 0 Å². The lowest BCUT2D eigenvalue weighted by atomic mass is 10.1. The molecule has 3 aliphatic rings. The fourth-order valence-electron chi connectivity index (χ4n) is 4.05. The van der Waals surface area contributed by atoms with Gasteiger partial charge in [0, 0.05) is 60.5 Å². The number of nitrogens with one attached hydrogen (secondary N) is 2. The number of amides is 1. The van der Waals surface area contributed by atoms with Crippen LogP contribution in [0.1, 0.15) is 22.3 Å². The molecule has 0 unspecified atom stereocenters. The summed E-state index contributed by atoms with van der Waals surface area (Å²) in [6.07, 6.45) is 2.47. The third-order valence-corrected chi connectivity index (χ3v) is 5.79. The summed E-state index contributed by atoms with van der Waals surface area (Å²) in [5, 5.41) is 6.29. The number of carbonyl (C=O) groups excluding carboxylic acids is 1. The molecule has 6 rings (SSSR count). The van der Waals surface area contributed by atoms with E-state index in [9.17, 15) is 4.79 Å². The molecule has 4 heterocycles. The zero-order valence-electron chi connectivity index (χ0n) is 18.4. The first-order valence-corrected chi connectivity index (χ1v) is 11.3. The number of hydrogen-bond acceptors (Lipinski definition) is 7. The van der Waals surface area contributed by atoms with Gasteiger partial charge in [0.1, 0.15) is 0 Å². The van der Waals surface area contributed by atoms with Gasteiger partial charge in [-0.3, -0.25) is 4.79 Å². The molecule has 2 N–H and O–H groups in total. The van der Waals surface area contributed by atoms with Gasteiger partial charge >= 0.3 is 0 Å². The summed E-state index contributed by atoms with van der Waals surface area (Å²) in [7, 11) is 0. The topological polar surface area (TPSA) is 88.6 Å². The molecule has 3 aromatic rings. The second-order valence-electron chi connectivity index (χ2n) is 8.07. The van der Waals surface area contributed by atoms with Gasteiger partial charge in [-0.1, -0.05) is 12.1 Å². The zero-order chi connectivity index (χ0) is 22.5. The van der Waals surface area contributed by atoms with Crippen LogP contribution in [0.15, 0.2) is 54.7 Å². The third-order valence-electron chi connectivity index (χ3n) is 5.79. The molecule has 0 saturated carbocycles. The Balaban J connectivity index is 1.46. The Hall–Kier alpha value is -3.49. The normalized spacial score (nSPS) is 17.0. The van der Waals surface area contributed by atoms with E-state index in [2.05, 4.69) is 37.6 Å². The van der Waals surface area contributed by atoms with Crippen molar-refractivity contribution in [2.45, 2.75) is 13.0 Å². The van der Waals surface area contributed by atoms with Crippen LogP contribution in [0.25, 0.3) is 11.3 Å². The SMILES string of the molecule is O=C1NCCCOCc2cc(ccc2N2CCOCC2)Nc2nccc(n2)-c2ccc1cc2. The monoisotopic (exact) mass is 445 g/mol. The summed E-state index contributed by atoms with van der Waals surface area (Å²) < 4.78 is 11.5. The van der Waals surface area contributed by atoms with E-state index >= 15 is 0 Å². The maximum Gasteiger partial charge on any atom is 0.251 e. The number of ether oxygens (including phenoxy) is 2. The summed E-state index contributed by atoms with van der Waals surface area (Å²) in [6, 6.07) is 15.6. The Morgan fingerprint density at radius 1 is 0.909 bits per heavy atom. The Kier molecular flexibility index (Phi) is 6.46. The number of aromatic nitrogens is 2. The van der Waals surface area contributed by atoms with Crippen molar-refractivity contribution in [1.29, 1.82) is 0 Å². The van der Waals surface area contributed by atoms with E-state index in [4.69, 9.17) is 9.47 Å². The summed E-state index contributed by atoms with van der Waals surface area (Å²) in [6.45, 7) is 4.77. The highest BCUT2D eigenvalue weighted by molar-refractivity contribution is 5.94. The molecule has 1 saturated heterocycles. The van der Waals surface area contributed by atoms with Gasteiger partial charge < -0.3 is 25.0 Å². The van der Waals surface area contributed by atoms with Gasteiger partial charge in [-0.15, -0.1) is 0 Å². The molecule has 2 aromatic carbocycles. The van der Waals surface area contributed by atoms with Crippen LogP contribution in [0, 0.1) is 0 Å². The number of hydrogen-bond donors (Lipinski definition) is 2. The molecular weight excluding hydrogens is 418 g/mol. The number of rotatable bonds is 1. The van der Waals surface area contributed by atoms with Gasteiger partial charge in [0.2, 0.25) is 5.95 Å². The largest absolute Gasteiger partial charge is 0.378 e. The molecule has 3 aliphatic heterocycles. The second kappa shape index (κ2) is 9.97. The Labute approximate surface area is 193 Å². The van der Waals surface area contributed by atoms with Crippen molar-refractivity contribution in [2.24, 2.45) is 0 Å². The van der Waals surface area contributed by atoms with Crippen LogP contribution in [-0.2, 0) is 16.1 Å². The third kappa shape index (κ3) is 5.13. The number of morpholine rings is 1. The van der Waals surface area contributed by atoms with Gasteiger partial charge in [-0.05, 0) is 42.8 Å². The summed E-state index contributed by atoms with van der Waals surface area (Å²) in [5.74, 6) is 0.427. The van der Waals surface area contributed by atoms with Crippen molar-refractivity contribution in [3.05, 3.63) is 65.9 Å². The number of benzene rings is 2. The van der Waals surface area contributed by atoms with Crippen molar-refractivity contribution in [1.82, 2.24) is 15.3 Å². The Morgan fingerprint density at radius 2 is 1.73 bits per heavy atom. The van der Waals surface area contributed by atoms with E-state index in [0.29, 0.717) is 31.3 Å². The molecule has 1 amide bonds. The van der Waals surface area contributed by atoms with Gasteiger partial charge in [0.25, 0.3) is 5.91 Å². The van der Waals surface area contributed by atoms with Crippen LogP contribution in [0.4, 0.5) is 17.3 Å². The maximum atomic E-state index is 12.4. The first kappa shape index (κ1) is 21.4. The minimum Gasteiger partial charge on any atom is -0.378 e. The average Bonchev–Trinajstić information content (AvgIpc) is 2.86.